The van der Waals surface area contributed by atoms with Crippen LogP contribution < -0.4 is 5.32 Å². The van der Waals surface area contributed by atoms with Gasteiger partial charge in [0.25, 0.3) is 0 Å². The lowest BCUT2D eigenvalue weighted by Crippen LogP contribution is -2.38. The van der Waals surface area contributed by atoms with Crippen LogP contribution in [0.25, 0.3) is 0 Å². The van der Waals surface area contributed by atoms with Gasteiger partial charge in [0.05, 0.1) is 39.7 Å². The van der Waals surface area contributed by atoms with Gasteiger partial charge in [0.15, 0.2) is 0 Å². The zero-order valence-electron chi connectivity index (χ0n) is 15.8. The van der Waals surface area contributed by atoms with Crippen LogP contribution in [0.1, 0.15) is 37.8 Å². The normalized spacial score (nSPS) is 20.0. The summed E-state index contributed by atoms with van der Waals surface area (Å²) in [5.41, 5.74) is 0. The molecule has 2 aromatic rings. The molecule has 1 N–H and O–H groups in total. The fourth-order valence-electron chi connectivity index (χ4n) is 3.54. The highest BCUT2D eigenvalue weighted by molar-refractivity contribution is 9.10. The summed E-state index contributed by atoms with van der Waals surface area (Å²) in [5, 5.41) is 11.8. The highest BCUT2D eigenvalue weighted by Gasteiger charge is 2.26. The highest BCUT2D eigenvalue weighted by Crippen LogP contribution is 2.24. The summed E-state index contributed by atoms with van der Waals surface area (Å²) in [5.74, 6) is 0. The van der Waals surface area contributed by atoms with Gasteiger partial charge in [-0.2, -0.15) is 10.2 Å². The molecule has 11 heteroatoms. The third-order valence-electron chi connectivity index (χ3n) is 5.09. The smallest absolute Gasteiger partial charge is 0.211 e. The molecule has 2 saturated heterocycles. The SMILES string of the molecule is Brc1cnn(C2CCNCC2)c1.CS(=O)(=O)N1CCC(n2cc(Br)cn2)CC1. The molecule has 4 heterocycles. The van der Waals surface area contributed by atoms with Crippen LogP contribution in [0.15, 0.2) is 33.7 Å². The van der Waals surface area contributed by atoms with E-state index in [1.165, 1.54) is 23.4 Å². The van der Waals surface area contributed by atoms with Crippen LogP contribution in [-0.4, -0.2) is 64.7 Å². The molecule has 0 aromatic carbocycles. The number of halogens is 2. The minimum absolute atomic E-state index is 0.310. The minimum Gasteiger partial charge on any atom is -0.317 e. The van der Waals surface area contributed by atoms with E-state index in [-0.39, 0.29) is 0 Å². The fraction of sp³-hybridized carbons (Fsp3) is 0.647. The Morgan fingerprint density at radius 1 is 0.929 bits per heavy atom. The first-order chi connectivity index (χ1) is 13.3. The Hall–Kier alpha value is -0.750. The van der Waals surface area contributed by atoms with Crippen molar-refractivity contribution in [1.29, 1.82) is 0 Å². The van der Waals surface area contributed by atoms with Crippen LogP contribution in [0.4, 0.5) is 0 Å². The summed E-state index contributed by atoms with van der Waals surface area (Å²) >= 11 is 6.75. The number of hydrogen-bond acceptors (Lipinski definition) is 5. The van der Waals surface area contributed by atoms with Crippen molar-refractivity contribution >= 4 is 41.9 Å². The number of aromatic nitrogens is 4. The summed E-state index contributed by atoms with van der Waals surface area (Å²) in [6.07, 6.45) is 12.9. The summed E-state index contributed by atoms with van der Waals surface area (Å²) in [6, 6.07) is 0.904. The monoisotopic (exact) mass is 536 g/mol. The highest BCUT2D eigenvalue weighted by atomic mass is 79.9. The molecule has 2 fully saturated rings. The maximum Gasteiger partial charge on any atom is 0.211 e. The van der Waals surface area contributed by atoms with Gasteiger partial charge in [0, 0.05) is 25.5 Å². The lowest BCUT2D eigenvalue weighted by Gasteiger charge is -2.30. The van der Waals surface area contributed by atoms with Gasteiger partial charge in [-0.1, -0.05) is 0 Å². The van der Waals surface area contributed by atoms with Crippen molar-refractivity contribution < 1.29 is 8.42 Å². The number of sulfonamides is 1. The number of hydrogen-bond donors (Lipinski definition) is 1. The first kappa shape index (κ1) is 21.9. The molecule has 2 aliphatic heterocycles. The molecule has 8 nitrogen and oxygen atoms in total. The Morgan fingerprint density at radius 3 is 1.79 bits per heavy atom. The molecule has 0 saturated carbocycles. The molecule has 0 atom stereocenters. The molecule has 0 bridgehead atoms. The lowest BCUT2D eigenvalue weighted by molar-refractivity contribution is 0.262. The molecule has 0 amide bonds. The molecule has 2 aliphatic rings. The second kappa shape index (κ2) is 9.84. The standard InChI is InChI=1S/C9H14BrN3O2S.C8H12BrN3/c1-16(14,15)12-4-2-9(3-5-12)13-7-8(10)6-11-13;9-7-5-11-12(6-7)8-1-3-10-4-2-8/h6-7,9H,2-5H2,1H3;5-6,8,10H,1-4H2. The van der Waals surface area contributed by atoms with Crippen molar-refractivity contribution in [2.45, 2.75) is 37.8 Å². The van der Waals surface area contributed by atoms with Crippen molar-refractivity contribution in [2.24, 2.45) is 0 Å². The van der Waals surface area contributed by atoms with Crippen molar-refractivity contribution in [1.82, 2.24) is 29.2 Å². The van der Waals surface area contributed by atoms with Crippen LogP contribution >= 0.6 is 31.9 Å². The van der Waals surface area contributed by atoms with Crippen LogP contribution in [0.5, 0.6) is 0 Å². The molecule has 4 rings (SSSR count). The quantitative estimate of drug-likeness (QED) is 0.650. The molecular weight excluding hydrogens is 512 g/mol. The van der Waals surface area contributed by atoms with E-state index in [9.17, 15) is 8.42 Å². The van der Waals surface area contributed by atoms with Gasteiger partial charge in [-0.05, 0) is 70.6 Å². The van der Waals surface area contributed by atoms with E-state index in [4.69, 9.17) is 0 Å². The molecule has 2 aromatic heterocycles. The predicted octanol–water partition coefficient (Wildman–Crippen LogP) is 2.81. The van der Waals surface area contributed by atoms with Gasteiger partial charge >= 0.3 is 0 Å². The molecule has 0 radical (unpaired) electrons. The van der Waals surface area contributed by atoms with E-state index in [2.05, 4.69) is 58.3 Å². The Morgan fingerprint density at radius 2 is 1.39 bits per heavy atom. The number of rotatable bonds is 3. The Kier molecular flexibility index (Phi) is 7.71. The zero-order chi connectivity index (χ0) is 20.1. The van der Waals surface area contributed by atoms with E-state index >= 15 is 0 Å². The molecule has 28 heavy (non-hydrogen) atoms. The lowest BCUT2D eigenvalue weighted by atomic mass is 10.1. The van der Waals surface area contributed by atoms with Gasteiger partial charge in [-0.3, -0.25) is 9.36 Å². The van der Waals surface area contributed by atoms with Crippen molar-refractivity contribution in [3.05, 3.63) is 33.7 Å². The van der Waals surface area contributed by atoms with E-state index in [0.717, 1.165) is 34.9 Å². The molecule has 0 spiro atoms. The maximum atomic E-state index is 11.3. The van der Waals surface area contributed by atoms with Crippen LogP contribution in [0.2, 0.25) is 0 Å². The second-order valence-corrected chi connectivity index (χ2v) is 11.0. The van der Waals surface area contributed by atoms with E-state index in [1.54, 1.807) is 6.20 Å². The Bertz CT molecular complexity index is 855. The van der Waals surface area contributed by atoms with Crippen molar-refractivity contribution in [3.63, 3.8) is 0 Å². The van der Waals surface area contributed by atoms with Crippen LogP contribution in [-0.2, 0) is 10.0 Å². The summed E-state index contributed by atoms with van der Waals surface area (Å²) < 4.78 is 30.2. The number of piperidine rings is 2. The third kappa shape index (κ3) is 6.12. The van der Waals surface area contributed by atoms with Crippen LogP contribution in [0.3, 0.4) is 0 Å². The van der Waals surface area contributed by atoms with Gasteiger partial charge in [0.1, 0.15) is 0 Å². The van der Waals surface area contributed by atoms with E-state index < -0.39 is 10.0 Å². The van der Waals surface area contributed by atoms with E-state index in [0.29, 0.717) is 25.2 Å². The van der Waals surface area contributed by atoms with Crippen LogP contribution in [0, 0.1) is 0 Å². The van der Waals surface area contributed by atoms with Gasteiger partial charge in [-0.15, -0.1) is 0 Å². The molecular formula is C17H26Br2N6O2S. The minimum atomic E-state index is -3.03. The van der Waals surface area contributed by atoms with Gasteiger partial charge in [0.2, 0.25) is 10.0 Å². The molecule has 0 unspecified atom stereocenters. The summed E-state index contributed by atoms with van der Waals surface area (Å²) in [7, 11) is -3.03. The summed E-state index contributed by atoms with van der Waals surface area (Å²) in [6.45, 7) is 3.40. The average molecular weight is 538 g/mol. The number of nitrogens with zero attached hydrogens (tertiary/aromatic N) is 5. The fourth-order valence-corrected chi connectivity index (χ4v) is 5.02. The van der Waals surface area contributed by atoms with Crippen molar-refractivity contribution in [2.75, 3.05) is 32.4 Å². The molecule has 0 aliphatic carbocycles. The Balaban J connectivity index is 0.000000167. The predicted molar refractivity (Wildman–Crippen MR) is 116 cm³/mol. The Labute approximate surface area is 183 Å². The number of nitrogens with one attached hydrogen (secondary N) is 1. The first-order valence-electron chi connectivity index (χ1n) is 9.38. The zero-order valence-corrected chi connectivity index (χ0v) is 19.8. The summed E-state index contributed by atoms with van der Waals surface area (Å²) in [4.78, 5) is 0. The topological polar surface area (TPSA) is 85.0 Å². The average Bonchev–Trinajstić information content (AvgIpc) is 3.31. The second-order valence-electron chi connectivity index (χ2n) is 7.15. The van der Waals surface area contributed by atoms with Gasteiger partial charge < -0.3 is 5.32 Å². The maximum absolute atomic E-state index is 11.3. The third-order valence-corrected chi connectivity index (χ3v) is 7.21. The van der Waals surface area contributed by atoms with Crippen molar-refractivity contribution in [3.8, 4) is 0 Å². The largest absolute Gasteiger partial charge is 0.317 e. The first-order valence-corrected chi connectivity index (χ1v) is 12.8. The van der Waals surface area contributed by atoms with Gasteiger partial charge in [-0.25, -0.2) is 12.7 Å². The van der Waals surface area contributed by atoms with E-state index in [1.807, 2.05) is 17.1 Å². The molecule has 156 valence electrons.